The van der Waals surface area contributed by atoms with Crippen LogP contribution in [0.1, 0.15) is 17.2 Å². The molecule has 0 aromatic heterocycles. The summed E-state index contributed by atoms with van der Waals surface area (Å²) in [4.78, 5) is 0. The molecule has 4 heteroatoms. The number of benzene rings is 2. The first-order valence-corrected chi connectivity index (χ1v) is 6.39. The Kier molecular flexibility index (Phi) is 4.69. The fourth-order valence-electron chi connectivity index (χ4n) is 2.22. The fraction of sp³-hybridized carbons (Fsp3) is 0.250. The Balaban J connectivity index is 2.29. The summed E-state index contributed by atoms with van der Waals surface area (Å²) in [7, 11) is 3.19. The van der Waals surface area contributed by atoms with E-state index in [0.29, 0.717) is 12.0 Å². The Hall–Kier alpha value is -1.94. The highest BCUT2D eigenvalue weighted by Crippen LogP contribution is 2.27. The molecule has 0 aliphatic carbocycles. The molecular weight excluding hydrogens is 260 g/mol. The summed E-state index contributed by atoms with van der Waals surface area (Å²) in [6.45, 7) is 0. The zero-order valence-electron chi connectivity index (χ0n) is 11.5. The molecule has 0 amide bonds. The van der Waals surface area contributed by atoms with Crippen LogP contribution in [-0.2, 0) is 6.42 Å². The molecule has 1 unspecified atom stereocenters. The van der Waals surface area contributed by atoms with Crippen molar-refractivity contribution in [3.63, 3.8) is 0 Å². The highest BCUT2D eigenvalue weighted by Gasteiger charge is 2.17. The molecule has 0 saturated carbocycles. The number of nitrogens with one attached hydrogen (secondary N) is 1. The minimum Gasteiger partial charge on any atom is -0.494 e. The standard InChI is InChI=1S/C16H17F2NO/c1-19-14(10-11-5-3-6-12(17)9-11)13-7-4-8-15(20-2)16(13)18/h3-9,14,19H,10H2,1-2H3. The van der Waals surface area contributed by atoms with Crippen LogP contribution in [0, 0.1) is 11.6 Å². The molecule has 2 aromatic rings. The first-order valence-electron chi connectivity index (χ1n) is 6.39. The zero-order chi connectivity index (χ0) is 14.5. The second kappa shape index (κ2) is 6.48. The highest BCUT2D eigenvalue weighted by molar-refractivity contribution is 5.34. The van der Waals surface area contributed by atoms with Crippen molar-refractivity contribution in [2.75, 3.05) is 14.2 Å². The zero-order valence-corrected chi connectivity index (χ0v) is 11.5. The Labute approximate surface area is 117 Å². The molecular formula is C16H17F2NO. The summed E-state index contributed by atoms with van der Waals surface area (Å²) in [6.07, 6.45) is 0.498. The van der Waals surface area contributed by atoms with Crippen molar-refractivity contribution in [1.82, 2.24) is 5.32 Å². The number of hydrogen-bond acceptors (Lipinski definition) is 2. The van der Waals surface area contributed by atoms with Gasteiger partial charge in [0, 0.05) is 11.6 Å². The molecule has 0 aliphatic rings. The van der Waals surface area contributed by atoms with Crippen LogP contribution in [0.4, 0.5) is 8.78 Å². The van der Waals surface area contributed by atoms with E-state index in [1.54, 1.807) is 31.3 Å². The number of hydrogen-bond donors (Lipinski definition) is 1. The van der Waals surface area contributed by atoms with E-state index in [2.05, 4.69) is 5.32 Å². The molecule has 0 aliphatic heterocycles. The summed E-state index contributed by atoms with van der Waals surface area (Å²) in [5.41, 5.74) is 1.32. The van der Waals surface area contributed by atoms with Crippen molar-refractivity contribution in [2.45, 2.75) is 12.5 Å². The van der Waals surface area contributed by atoms with Gasteiger partial charge >= 0.3 is 0 Å². The van der Waals surface area contributed by atoms with Gasteiger partial charge in [0.1, 0.15) is 5.82 Å². The van der Waals surface area contributed by atoms with Gasteiger partial charge in [0.25, 0.3) is 0 Å². The molecule has 20 heavy (non-hydrogen) atoms. The van der Waals surface area contributed by atoms with E-state index in [1.807, 2.05) is 6.07 Å². The van der Waals surface area contributed by atoms with Gasteiger partial charge in [0.2, 0.25) is 0 Å². The van der Waals surface area contributed by atoms with E-state index in [-0.39, 0.29) is 23.4 Å². The van der Waals surface area contributed by atoms with Gasteiger partial charge in [-0.15, -0.1) is 0 Å². The lowest BCUT2D eigenvalue weighted by Gasteiger charge is -2.18. The highest BCUT2D eigenvalue weighted by atomic mass is 19.1. The molecule has 2 rings (SSSR count). The lowest BCUT2D eigenvalue weighted by molar-refractivity contribution is 0.380. The Bertz CT molecular complexity index is 586. The van der Waals surface area contributed by atoms with Gasteiger partial charge in [0.05, 0.1) is 7.11 Å². The normalized spacial score (nSPS) is 12.2. The van der Waals surface area contributed by atoms with Gasteiger partial charge in [-0.2, -0.15) is 0 Å². The summed E-state index contributed by atoms with van der Waals surface area (Å²) in [5.74, 6) is -0.462. The van der Waals surface area contributed by atoms with Gasteiger partial charge in [-0.1, -0.05) is 24.3 Å². The van der Waals surface area contributed by atoms with Crippen LogP contribution in [0.2, 0.25) is 0 Å². The molecule has 0 saturated heterocycles. The van der Waals surface area contributed by atoms with Crippen LogP contribution in [0.15, 0.2) is 42.5 Å². The quantitative estimate of drug-likeness (QED) is 0.903. The summed E-state index contributed by atoms with van der Waals surface area (Å²) < 4.78 is 32.4. The first kappa shape index (κ1) is 14.5. The van der Waals surface area contributed by atoms with Crippen molar-refractivity contribution in [3.8, 4) is 5.75 Å². The molecule has 0 radical (unpaired) electrons. The van der Waals surface area contributed by atoms with Crippen LogP contribution < -0.4 is 10.1 Å². The third-order valence-electron chi connectivity index (χ3n) is 3.27. The number of ether oxygens (including phenoxy) is 1. The van der Waals surface area contributed by atoms with Gasteiger partial charge in [-0.3, -0.25) is 0 Å². The van der Waals surface area contributed by atoms with E-state index < -0.39 is 0 Å². The predicted octanol–water partition coefficient (Wildman–Crippen LogP) is 3.48. The summed E-state index contributed by atoms with van der Waals surface area (Å²) >= 11 is 0. The lowest BCUT2D eigenvalue weighted by Crippen LogP contribution is -2.20. The maximum atomic E-state index is 14.3. The Morgan fingerprint density at radius 1 is 1.15 bits per heavy atom. The number of methoxy groups -OCH3 is 1. The Morgan fingerprint density at radius 3 is 2.55 bits per heavy atom. The molecule has 2 aromatic carbocycles. The van der Waals surface area contributed by atoms with Crippen LogP contribution in [-0.4, -0.2) is 14.2 Å². The fourth-order valence-corrected chi connectivity index (χ4v) is 2.22. The third kappa shape index (κ3) is 3.14. The number of likely N-dealkylation sites (N-methyl/N-ethyl adjacent to an activating group) is 1. The third-order valence-corrected chi connectivity index (χ3v) is 3.27. The van der Waals surface area contributed by atoms with Crippen molar-refractivity contribution in [3.05, 3.63) is 65.2 Å². The molecule has 0 bridgehead atoms. The summed E-state index contributed by atoms with van der Waals surface area (Å²) in [6, 6.07) is 11.1. The Morgan fingerprint density at radius 2 is 1.90 bits per heavy atom. The molecule has 1 N–H and O–H groups in total. The lowest BCUT2D eigenvalue weighted by atomic mass is 9.98. The molecule has 0 heterocycles. The van der Waals surface area contributed by atoms with Crippen molar-refractivity contribution < 1.29 is 13.5 Å². The van der Waals surface area contributed by atoms with Crippen LogP contribution >= 0.6 is 0 Å². The number of rotatable bonds is 5. The smallest absolute Gasteiger partial charge is 0.169 e. The minimum absolute atomic E-state index is 0.210. The van der Waals surface area contributed by atoms with Crippen LogP contribution in [0.3, 0.4) is 0 Å². The van der Waals surface area contributed by atoms with E-state index in [0.717, 1.165) is 5.56 Å². The van der Waals surface area contributed by atoms with Crippen molar-refractivity contribution in [2.24, 2.45) is 0 Å². The SMILES string of the molecule is CNC(Cc1cccc(F)c1)c1cccc(OC)c1F. The molecule has 0 spiro atoms. The van der Waals surface area contributed by atoms with Gasteiger partial charge in [-0.25, -0.2) is 8.78 Å². The maximum Gasteiger partial charge on any atom is 0.169 e. The van der Waals surface area contributed by atoms with E-state index in [4.69, 9.17) is 4.74 Å². The van der Waals surface area contributed by atoms with E-state index in [9.17, 15) is 8.78 Å². The second-order valence-electron chi connectivity index (χ2n) is 4.54. The topological polar surface area (TPSA) is 21.3 Å². The maximum absolute atomic E-state index is 14.3. The van der Waals surface area contributed by atoms with Crippen molar-refractivity contribution >= 4 is 0 Å². The van der Waals surface area contributed by atoms with Gasteiger partial charge in [0.15, 0.2) is 11.6 Å². The second-order valence-corrected chi connectivity index (χ2v) is 4.54. The molecule has 106 valence electrons. The monoisotopic (exact) mass is 277 g/mol. The molecule has 0 fully saturated rings. The first-order chi connectivity index (χ1) is 9.65. The summed E-state index contributed by atoms with van der Waals surface area (Å²) in [5, 5.41) is 3.06. The predicted molar refractivity (Wildman–Crippen MR) is 74.9 cm³/mol. The largest absolute Gasteiger partial charge is 0.494 e. The van der Waals surface area contributed by atoms with Crippen LogP contribution in [0.25, 0.3) is 0 Å². The number of halogens is 2. The van der Waals surface area contributed by atoms with E-state index in [1.165, 1.54) is 19.2 Å². The average molecular weight is 277 g/mol. The average Bonchev–Trinajstić information content (AvgIpc) is 2.45. The molecule has 1 atom stereocenters. The van der Waals surface area contributed by atoms with Gasteiger partial charge in [-0.05, 0) is 37.2 Å². The van der Waals surface area contributed by atoms with Gasteiger partial charge < -0.3 is 10.1 Å². The van der Waals surface area contributed by atoms with Crippen molar-refractivity contribution in [1.29, 1.82) is 0 Å². The van der Waals surface area contributed by atoms with E-state index >= 15 is 0 Å². The minimum atomic E-state index is -0.384. The molecule has 2 nitrogen and oxygen atoms in total. The van der Waals surface area contributed by atoms with Crippen LogP contribution in [0.5, 0.6) is 5.75 Å².